The van der Waals surface area contributed by atoms with Crippen LogP contribution in [-0.4, -0.2) is 45.1 Å². The van der Waals surface area contributed by atoms with Crippen LogP contribution in [-0.2, 0) is 0 Å². The molecule has 0 bridgehead atoms. The van der Waals surface area contributed by atoms with E-state index in [1.54, 1.807) is 25.2 Å². The first-order valence-electron chi connectivity index (χ1n) is 5.93. The van der Waals surface area contributed by atoms with Crippen LogP contribution in [0.2, 0.25) is 0 Å². The van der Waals surface area contributed by atoms with E-state index in [2.05, 4.69) is 10.2 Å². The van der Waals surface area contributed by atoms with Gasteiger partial charge in [0.1, 0.15) is 5.75 Å². The Hall–Kier alpha value is -1.75. The van der Waals surface area contributed by atoms with Crippen molar-refractivity contribution in [2.75, 3.05) is 40.0 Å². The highest BCUT2D eigenvalue weighted by molar-refractivity contribution is 5.97. The Bertz CT molecular complexity index is 405. The molecule has 0 saturated heterocycles. The molecule has 0 aliphatic rings. The maximum Gasteiger partial charge on any atom is 0.254 e. The zero-order valence-electron chi connectivity index (χ0n) is 11.2. The largest absolute Gasteiger partial charge is 0.493 e. The molecule has 1 aromatic carbocycles. The number of hydrogen-bond donors (Lipinski definition) is 2. The van der Waals surface area contributed by atoms with Gasteiger partial charge in [0.2, 0.25) is 0 Å². The lowest BCUT2D eigenvalue weighted by molar-refractivity contribution is 0.0959. The summed E-state index contributed by atoms with van der Waals surface area (Å²) in [6.45, 7) is 1.50. The average Bonchev–Trinajstić information content (AvgIpc) is 2.33. The van der Waals surface area contributed by atoms with Gasteiger partial charge >= 0.3 is 0 Å². The molecule has 0 heterocycles. The van der Waals surface area contributed by atoms with Gasteiger partial charge in [0.25, 0.3) is 5.91 Å². The molecule has 0 saturated carbocycles. The summed E-state index contributed by atoms with van der Waals surface area (Å²) in [6.07, 6.45) is 0.898. The van der Waals surface area contributed by atoms with E-state index in [4.69, 9.17) is 10.5 Å². The summed E-state index contributed by atoms with van der Waals surface area (Å²) < 4.78 is 5.62. The standard InChI is InChI=1S/C13H21N3O2/c1-15-13(17)11-6-5-10(14)9-12(11)18-8-4-7-16(2)3/h5-6,9H,4,7-8,14H2,1-3H3,(H,15,17). The van der Waals surface area contributed by atoms with E-state index in [0.29, 0.717) is 23.6 Å². The van der Waals surface area contributed by atoms with Crippen LogP contribution in [0.15, 0.2) is 18.2 Å². The summed E-state index contributed by atoms with van der Waals surface area (Å²) in [5.74, 6) is 0.366. The lowest BCUT2D eigenvalue weighted by Crippen LogP contribution is -2.20. The molecule has 100 valence electrons. The Morgan fingerprint density at radius 2 is 2.17 bits per heavy atom. The fourth-order valence-electron chi connectivity index (χ4n) is 1.54. The van der Waals surface area contributed by atoms with Crippen molar-refractivity contribution < 1.29 is 9.53 Å². The summed E-state index contributed by atoms with van der Waals surface area (Å²) >= 11 is 0. The second kappa shape index (κ2) is 6.86. The molecular formula is C13H21N3O2. The van der Waals surface area contributed by atoms with E-state index < -0.39 is 0 Å². The van der Waals surface area contributed by atoms with Gasteiger partial charge in [-0.15, -0.1) is 0 Å². The minimum atomic E-state index is -0.169. The average molecular weight is 251 g/mol. The molecule has 0 unspecified atom stereocenters. The molecule has 18 heavy (non-hydrogen) atoms. The van der Waals surface area contributed by atoms with Gasteiger partial charge in [0.15, 0.2) is 0 Å². The smallest absolute Gasteiger partial charge is 0.254 e. The van der Waals surface area contributed by atoms with Gasteiger partial charge in [-0.1, -0.05) is 0 Å². The third kappa shape index (κ3) is 4.25. The van der Waals surface area contributed by atoms with Crippen molar-refractivity contribution in [1.29, 1.82) is 0 Å². The van der Waals surface area contributed by atoms with E-state index in [1.807, 2.05) is 14.1 Å². The first-order chi connectivity index (χ1) is 8.54. The van der Waals surface area contributed by atoms with Gasteiger partial charge in [-0.25, -0.2) is 0 Å². The van der Waals surface area contributed by atoms with Gasteiger partial charge in [0, 0.05) is 25.3 Å². The highest BCUT2D eigenvalue weighted by Crippen LogP contribution is 2.22. The fraction of sp³-hybridized carbons (Fsp3) is 0.462. The van der Waals surface area contributed by atoms with Crippen LogP contribution in [0.3, 0.4) is 0 Å². The Morgan fingerprint density at radius 1 is 1.44 bits per heavy atom. The molecular weight excluding hydrogens is 230 g/mol. The van der Waals surface area contributed by atoms with Crippen molar-refractivity contribution in [3.63, 3.8) is 0 Å². The highest BCUT2D eigenvalue weighted by atomic mass is 16.5. The second-order valence-corrected chi connectivity index (χ2v) is 4.34. The van der Waals surface area contributed by atoms with Crippen molar-refractivity contribution >= 4 is 11.6 Å². The second-order valence-electron chi connectivity index (χ2n) is 4.34. The lowest BCUT2D eigenvalue weighted by Gasteiger charge is -2.13. The number of nitrogen functional groups attached to an aromatic ring is 1. The molecule has 5 heteroatoms. The third-order valence-corrected chi connectivity index (χ3v) is 2.48. The van der Waals surface area contributed by atoms with Crippen LogP contribution < -0.4 is 15.8 Å². The third-order valence-electron chi connectivity index (χ3n) is 2.48. The number of carbonyl (C=O) groups excluding carboxylic acids is 1. The normalized spacial score (nSPS) is 10.4. The van der Waals surface area contributed by atoms with E-state index in [9.17, 15) is 4.79 Å². The Morgan fingerprint density at radius 3 is 2.78 bits per heavy atom. The molecule has 0 aliphatic heterocycles. The summed E-state index contributed by atoms with van der Waals surface area (Å²) in [4.78, 5) is 13.7. The minimum Gasteiger partial charge on any atom is -0.493 e. The topological polar surface area (TPSA) is 67.6 Å². The number of nitrogens with two attached hydrogens (primary N) is 1. The number of ether oxygens (including phenoxy) is 1. The van der Waals surface area contributed by atoms with E-state index in [1.165, 1.54) is 0 Å². The quantitative estimate of drug-likeness (QED) is 0.583. The molecule has 1 aromatic rings. The molecule has 5 nitrogen and oxygen atoms in total. The number of carbonyl (C=O) groups is 1. The zero-order valence-corrected chi connectivity index (χ0v) is 11.2. The number of benzene rings is 1. The maximum atomic E-state index is 11.6. The molecule has 0 aromatic heterocycles. The number of nitrogens with zero attached hydrogens (tertiary/aromatic N) is 1. The number of amides is 1. The number of rotatable bonds is 6. The van der Waals surface area contributed by atoms with Gasteiger partial charge in [-0.3, -0.25) is 4.79 Å². The summed E-state index contributed by atoms with van der Waals surface area (Å²) in [7, 11) is 5.61. The van der Waals surface area contributed by atoms with Crippen LogP contribution in [0, 0.1) is 0 Å². The van der Waals surface area contributed by atoms with E-state index >= 15 is 0 Å². The van der Waals surface area contributed by atoms with Gasteiger partial charge < -0.3 is 20.7 Å². The Kier molecular flexibility index (Phi) is 5.45. The van der Waals surface area contributed by atoms with Crippen LogP contribution in [0.5, 0.6) is 5.75 Å². The summed E-state index contributed by atoms with van der Waals surface area (Å²) in [6, 6.07) is 5.05. The summed E-state index contributed by atoms with van der Waals surface area (Å²) in [5, 5.41) is 2.58. The van der Waals surface area contributed by atoms with Gasteiger partial charge in [-0.05, 0) is 32.6 Å². The summed E-state index contributed by atoms with van der Waals surface area (Å²) in [5.41, 5.74) is 6.80. The van der Waals surface area contributed by atoms with E-state index in [-0.39, 0.29) is 5.91 Å². The molecule has 0 spiro atoms. The monoisotopic (exact) mass is 251 g/mol. The van der Waals surface area contributed by atoms with Crippen molar-refractivity contribution in [2.24, 2.45) is 0 Å². The molecule has 0 atom stereocenters. The lowest BCUT2D eigenvalue weighted by atomic mass is 10.1. The highest BCUT2D eigenvalue weighted by Gasteiger charge is 2.11. The predicted molar refractivity (Wildman–Crippen MR) is 72.9 cm³/mol. The zero-order chi connectivity index (χ0) is 13.5. The van der Waals surface area contributed by atoms with Crippen molar-refractivity contribution in [2.45, 2.75) is 6.42 Å². The SMILES string of the molecule is CNC(=O)c1ccc(N)cc1OCCCN(C)C. The van der Waals surface area contributed by atoms with Crippen LogP contribution in [0.4, 0.5) is 5.69 Å². The Labute approximate surface area is 108 Å². The Balaban J connectivity index is 2.67. The molecule has 3 N–H and O–H groups in total. The number of nitrogens with one attached hydrogen (secondary N) is 1. The maximum absolute atomic E-state index is 11.6. The molecule has 1 amide bonds. The van der Waals surface area contributed by atoms with Crippen LogP contribution in [0.25, 0.3) is 0 Å². The van der Waals surface area contributed by atoms with Crippen molar-refractivity contribution in [3.8, 4) is 5.75 Å². The number of anilines is 1. The predicted octanol–water partition coefficient (Wildman–Crippen LogP) is 0.959. The molecule has 0 aliphatic carbocycles. The molecule has 0 radical (unpaired) electrons. The van der Waals surface area contributed by atoms with Crippen LogP contribution in [0.1, 0.15) is 16.8 Å². The van der Waals surface area contributed by atoms with E-state index in [0.717, 1.165) is 13.0 Å². The molecule has 1 rings (SSSR count). The van der Waals surface area contributed by atoms with Gasteiger partial charge in [0.05, 0.1) is 12.2 Å². The first-order valence-corrected chi connectivity index (χ1v) is 5.93. The van der Waals surface area contributed by atoms with Gasteiger partial charge in [-0.2, -0.15) is 0 Å². The van der Waals surface area contributed by atoms with Crippen LogP contribution >= 0.6 is 0 Å². The first kappa shape index (κ1) is 14.3. The minimum absolute atomic E-state index is 0.169. The molecule has 0 fully saturated rings. The fourth-order valence-corrected chi connectivity index (χ4v) is 1.54. The number of hydrogen-bond acceptors (Lipinski definition) is 4. The van der Waals surface area contributed by atoms with Crippen molar-refractivity contribution in [1.82, 2.24) is 10.2 Å². The van der Waals surface area contributed by atoms with Crippen molar-refractivity contribution in [3.05, 3.63) is 23.8 Å².